The van der Waals surface area contributed by atoms with Crippen LogP contribution in [-0.4, -0.2) is 26.4 Å². The molecule has 27 heavy (non-hydrogen) atoms. The molecule has 0 aromatic carbocycles. The summed E-state index contributed by atoms with van der Waals surface area (Å²) in [5.74, 6) is 0.878. The van der Waals surface area contributed by atoms with Crippen molar-refractivity contribution < 1.29 is 9.32 Å². The number of allylic oxidation sites excluding steroid dienone is 1. The number of thioether (sulfide) groups is 1. The van der Waals surface area contributed by atoms with E-state index in [2.05, 4.69) is 22.0 Å². The maximum Gasteiger partial charge on any atom is 0.263 e. The second-order valence-electron chi connectivity index (χ2n) is 6.30. The van der Waals surface area contributed by atoms with Crippen molar-refractivity contribution in [3.63, 3.8) is 0 Å². The summed E-state index contributed by atoms with van der Waals surface area (Å²) >= 11 is 2.83. The SMILES string of the molecule is C=CCn1c(SCC(=O)Nc2cc(C)on2)nc2sc3c(c2c1=O)CCC3. The number of hydrogen-bond donors (Lipinski definition) is 1. The zero-order chi connectivity index (χ0) is 19.0. The van der Waals surface area contributed by atoms with Crippen LogP contribution in [0, 0.1) is 6.92 Å². The molecule has 7 nitrogen and oxygen atoms in total. The summed E-state index contributed by atoms with van der Waals surface area (Å²) in [5.41, 5.74) is 1.11. The van der Waals surface area contributed by atoms with Crippen LogP contribution < -0.4 is 10.9 Å². The van der Waals surface area contributed by atoms with E-state index in [9.17, 15) is 9.59 Å². The molecule has 1 aliphatic rings. The molecule has 1 aliphatic carbocycles. The lowest BCUT2D eigenvalue weighted by Crippen LogP contribution is -2.24. The van der Waals surface area contributed by atoms with E-state index in [-0.39, 0.29) is 17.2 Å². The predicted octanol–water partition coefficient (Wildman–Crippen LogP) is 3.16. The van der Waals surface area contributed by atoms with Crippen LogP contribution in [0.25, 0.3) is 10.2 Å². The Bertz CT molecular complexity index is 1100. The number of carbonyl (C=O) groups is 1. The van der Waals surface area contributed by atoms with Crippen molar-refractivity contribution in [3.8, 4) is 0 Å². The van der Waals surface area contributed by atoms with E-state index in [0.29, 0.717) is 23.3 Å². The summed E-state index contributed by atoms with van der Waals surface area (Å²) in [6.07, 6.45) is 4.71. The van der Waals surface area contributed by atoms with Crippen LogP contribution in [-0.2, 0) is 24.2 Å². The Kier molecular flexibility index (Phi) is 4.88. The molecule has 9 heteroatoms. The molecule has 0 saturated heterocycles. The van der Waals surface area contributed by atoms with Gasteiger partial charge < -0.3 is 9.84 Å². The molecule has 1 amide bonds. The van der Waals surface area contributed by atoms with Crippen molar-refractivity contribution in [1.82, 2.24) is 14.7 Å². The number of hydrogen-bond acceptors (Lipinski definition) is 7. The van der Waals surface area contributed by atoms with Gasteiger partial charge in [-0.15, -0.1) is 17.9 Å². The van der Waals surface area contributed by atoms with Crippen LogP contribution in [0.15, 0.2) is 33.2 Å². The summed E-state index contributed by atoms with van der Waals surface area (Å²) in [6, 6.07) is 1.65. The first kappa shape index (κ1) is 18.0. The normalized spacial score (nSPS) is 13.1. The van der Waals surface area contributed by atoms with Gasteiger partial charge in [0.15, 0.2) is 11.0 Å². The number of nitrogens with one attached hydrogen (secondary N) is 1. The minimum absolute atomic E-state index is 0.0469. The number of carbonyl (C=O) groups excluding carboxylic acids is 1. The first-order chi connectivity index (χ1) is 13.1. The number of anilines is 1. The van der Waals surface area contributed by atoms with Gasteiger partial charge in [-0.3, -0.25) is 14.2 Å². The molecule has 1 N–H and O–H groups in total. The van der Waals surface area contributed by atoms with Crippen molar-refractivity contribution in [2.45, 2.75) is 37.9 Å². The van der Waals surface area contributed by atoms with E-state index in [4.69, 9.17) is 4.52 Å². The van der Waals surface area contributed by atoms with Crippen LogP contribution in [0.2, 0.25) is 0 Å². The fourth-order valence-electron chi connectivity index (χ4n) is 3.19. The highest BCUT2D eigenvalue weighted by Gasteiger charge is 2.23. The van der Waals surface area contributed by atoms with Crippen molar-refractivity contribution >= 4 is 45.0 Å². The van der Waals surface area contributed by atoms with Gasteiger partial charge in [0.05, 0.1) is 11.1 Å². The molecule has 0 unspecified atom stereocenters. The lowest BCUT2D eigenvalue weighted by atomic mass is 10.2. The van der Waals surface area contributed by atoms with Crippen LogP contribution in [0.4, 0.5) is 5.82 Å². The number of fused-ring (bicyclic) bond motifs is 3. The molecule has 0 bridgehead atoms. The Hall–Kier alpha value is -2.39. The van der Waals surface area contributed by atoms with E-state index in [1.54, 1.807) is 35.0 Å². The largest absolute Gasteiger partial charge is 0.360 e. The first-order valence-electron chi connectivity index (χ1n) is 8.58. The Morgan fingerprint density at radius 2 is 2.37 bits per heavy atom. The molecule has 0 atom stereocenters. The molecule has 4 rings (SSSR count). The zero-order valence-electron chi connectivity index (χ0n) is 14.8. The van der Waals surface area contributed by atoms with Crippen LogP contribution in [0.5, 0.6) is 0 Å². The van der Waals surface area contributed by atoms with Crippen molar-refractivity contribution in [3.05, 3.63) is 45.3 Å². The maximum atomic E-state index is 13.0. The fourth-order valence-corrected chi connectivity index (χ4v) is 5.30. The average molecular weight is 403 g/mol. The lowest BCUT2D eigenvalue weighted by molar-refractivity contribution is -0.113. The minimum Gasteiger partial charge on any atom is -0.360 e. The highest BCUT2D eigenvalue weighted by Crippen LogP contribution is 2.35. The molecule has 0 fully saturated rings. The monoisotopic (exact) mass is 402 g/mol. The van der Waals surface area contributed by atoms with Gasteiger partial charge in [-0.25, -0.2) is 4.98 Å². The Morgan fingerprint density at radius 3 is 3.11 bits per heavy atom. The quantitative estimate of drug-likeness (QED) is 0.387. The molecule has 3 aromatic rings. The minimum atomic E-state index is -0.235. The van der Waals surface area contributed by atoms with Crippen molar-refractivity contribution in [2.24, 2.45) is 0 Å². The second kappa shape index (κ2) is 7.32. The van der Waals surface area contributed by atoms with Gasteiger partial charge in [-0.2, -0.15) is 0 Å². The van der Waals surface area contributed by atoms with Gasteiger partial charge in [0.25, 0.3) is 5.56 Å². The summed E-state index contributed by atoms with van der Waals surface area (Å²) in [6.45, 7) is 5.85. The van der Waals surface area contributed by atoms with E-state index in [0.717, 1.165) is 35.0 Å². The van der Waals surface area contributed by atoms with E-state index >= 15 is 0 Å². The number of rotatable bonds is 6. The molecule has 0 radical (unpaired) electrons. The lowest BCUT2D eigenvalue weighted by Gasteiger charge is -2.10. The third-order valence-corrected chi connectivity index (χ3v) is 6.49. The number of thiophene rings is 1. The first-order valence-corrected chi connectivity index (χ1v) is 10.4. The van der Waals surface area contributed by atoms with Crippen LogP contribution in [0.1, 0.15) is 22.6 Å². The molecule has 0 spiro atoms. The van der Waals surface area contributed by atoms with Crippen LogP contribution in [0.3, 0.4) is 0 Å². The van der Waals surface area contributed by atoms with E-state index in [1.165, 1.54) is 16.6 Å². The molecule has 140 valence electrons. The third kappa shape index (κ3) is 3.44. The summed E-state index contributed by atoms with van der Waals surface area (Å²) < 4.78 is 6.53. The molecule has 3 aromatic heterocycles. The number of aromatic nitrogens is 3. The van der Waals surface area contributed by atoms with E-state index < -0.39 is 0 Å². The Labute approximate surface area is 163 Å². The summed E-state index contributed by atoms with van der Waals surface area (Å²) in [5, 5.41) is 7.68. The maximum absolute atomic E-state index is 13.0. The average Bonchev–Trinajstić information content (AvgIpc) is 3.32. The van der Waals surface area contributed by atoms with Gasteiger partial charge in [0.1, 0.15) is 10.6 Å². The molecule has 3 heterocycles. The van der Waals surface area contributed by atoms with Crippen LogP contribution >= 0.6 is 23.1 Å². The van der Waals surface area contributed by atoms with Gasteiger partial charge in [0, 0.05) is 17.5 Å². The Morgan fingerprint density at radius 1 is 1.52 bits per heavy atom. The fraction of sp³-hybridized carbons (Fsp3) is 0.333. The van der Waals surface area contributed by atoms with Crippen molar-refractivity contribution in [2.75, 3.05) is 11.1 Å². The molecular formula is C18H18N4O3S2. The van der Waals surface area contributed by atoms with Gasteiger partial charge in [0.2, 0.25) is 5.91 Å². The van der Waals surface area contributed by atoms with E-state index in [1.807, 2.05) is 0 Å². The van der Waals surface area contributed by atoms with Crippen molar-refractivity contribution in [1.29, 1.82) is 0 Å². The topological polar surface area (TPSA) is 90.0 Å². The van der Waals surface area contributed by atoms with Gasteiger partial charge in [-0.1, -0.05) is 23.0 Å². The number of nitrogens with zero attached hydrogens (tertiary/aromatic N) is 3. The highest BCUT2D eigenvalue weighted by atomic mass is 32.2. The third-order valence-electron chi connectivity index (χ3n) is 4.33. The standard InChI is InChI=1S/C18H18N4O3S2/c1-3-7-22-17(24)15-11-5-4-6-12(11)27-16(15)20-18(22)26-9-14(23)19-13-8-10(2)25-21-13/h3,8H,1,4-7,9H2,2H3,(H,19,21,23). The Balaban J connectivity index is 1.60. The predicted molar refractivity (Wildman–Crippen MR) is 107 cm³/mol. The highest BCUT2D eigenvalue weighted by molar-refractivity contribution is 7.99. The molecular weight excluding hydrogens is 384 g/mol. The summed E-state index contributed by atoms with van der Waals surface area (Å²) in [4.78, 5) is 31.9. The summed E-state index contributed by atoms with van der Waals surface area (Å²) in [7, 11) is 0. The molecule has 0 saturated carbocycles. The van der Waals surface area contributed by atoms with Gasteiger partial charge in [-0.05, 0) is 31.7 Å². The molecule has 0 aliphatic heterocycles. The number of aryl methyl sites for hydroxylation is 3. The van der Waals surface area contributed by atoms with Gasteiger partial charge >= 0.3 is 0 Å². The smallest absolute Gasteiger partial charge is 0.263 e. The zero-order valence-corrected chi connectivity index (χ0v) is 16.4. The second-order valence-corrected chi connectivity index (χ2v) is 8.32. The number of amides is 1.